The SMILES string of the molecule is CC1=NN(c2cccc(C(=O)N3CCOCC3)c2)C(=O)/C1=C\c1ccc2c(c1)OCCO2. The highest BCUT2D eigenvalue weighted by Gasteiger charge is 2.29. The summed E-state index contributed by atoms with van der Waals surface area (Å²) in [7, 11) is 0. The number of hydrogen-bond acceptors (Lipinski definition) is 6. The van der Waals surface area contributed by atoms with Crippen LogP contribution in [0.1, 0.15) is 22.8 Å². The van der Waals surface area contributed by atoms with E-state index in [9.17, 15) is 9.59 Å². The van der Waals surface area contributed by atoms with Gasteiger partial charge in [-0.3, -0.25) is 9.59 Å². The second-order valence-corrected chi connectivity index (χ2v) is 7.72. The first-order chi connectivity index (χ1) is 15.6. The summed E-state index contributed by atoms with van der Waals surface area (Å²) in [5.74, 6) is 1.05. The molecular weight excluding hydrogens is 410 g/mol. The number of anilines is 1. The predicted octanol–water partition coefficient (Wildman–Crippen LogP) is 2.74. The lowest BCUT2D eigenvalue weighted by Crippen LogP contribution is -2.40. The summed E-state index contributed by atoms with van der Waals surface area (Å²) >= 11 is 0. The van der Waals surface area contributed by atoms with Crippen LogP contribution < -0.4 is 14.5 Å². The monoisotopic (exact) mass is 433 g/mol. The fourth-order valence-electron chi connectivity index (χ4n) is 3.90. The van der Waals surface area contributed by atoms with E-state index in [2.05, 4.69) is 5.10 Å². The molecule has 5 rings (SSSR count). The van der Waals surface area contributed by atoms with Gasteiger partial charge in [-0.1, -0.05) is 12.1 Å². The number of fused-ring (bicyclic) bond motifs is 1. The van der Waals surface area contributed by atoms with E-state index >= 15 is 0 Å². The molecule has 0 aliphatic carbocycles. The third kappa shape index (κ3) is 3.85. The minimum atomic E-state index is -0.242. The largest absolute Gasteiger partial charge is 0.486 e. The van der Waals surface area contributed by atoms with E-state index in [4.69, 9.17) is 14.2 Å². The summed E-state index contributed by atoms with van der Waals surface area (Å²) in [6.45, 7) is 5.02. The fraction of sp³-hybridized carbons (Fsp3) is 0.292. The average Bonchev–Trinajstić information content (AvgIpc) is 3.12. The third-order valence-electron chi connectivity index (χ3n) is 5.58. The maximum atomic E-state index is 13.2. The lowest BCUT2D eigenvalue weighted by Gasteiger charge is -2.27. The Labute approximate surface area is 185 Å². The van der Waals surface area contributed by atoms with Crippen LogP contribution in [0.2, 0.25) is 0 Å². The summed E-state index contributed by atoms with van der Waals surface area (Å²) in [5.41, 5.74) is 3.00. The molecule has 1 fully saturated rings. The number of amides is 2. The van der Waals surface area contributed by atoms with Crippen molar-refractivity contribution >= 4 is 29.3 Å². The third-order valence-corrected chi connectivity index (χ3v) is 5.58. The number of nitrogens with zero attached hydrogens (tertiary/aromatic N) is 3. The molecule has 3 aliphatic rings. The molecule has 2 amide bonds. The molecule has 3 aliphatic heterocycles. The van der Waals surface area contributed by atoms with Crippen LogP contribution in [-0.4, -0.2) is 61.9 Å². The molecule has 8 nitrogen and oxygen atoms in total. The van der Waals surface area contributed by atoms with E-state index < -0.39 is 0 Å². The van der Waals surface area contributed by atoms with E-state index in [1.54, 1.807) is 42.2 Å². The molecule has 0 spiro atoms. The zero-order chi connectivity index (χ0) is 22.1. The number of benzene rings is 2. The van der Waals surface area contributed by atoms with Crippen molar-refractivity contribution in [3.63, 3.8) is 0 Å². The smallest absolute Gasteiger partial charge is 0.280 e. The quantitative estimate of drug-likeness (QED) is 0.696. The number of hydrazone groups is 1. The molecule has 3 heterocycles. The van der Waals surface area contributed by atoms with E-state index in [1.807, 2.05) is 18.2 Å². The summed E-state index contributed by atoms with van der Waals surface area (Å²) in [4.78, 5) is 27.8. The minimum Gasteiger partial charge on any atom is -0.486 e. The lowest BCUT2D eigenvalue weighted by atomic mass is 10.1. The first-order valence-electron chi connectivity index (χ1n) is 10.6. The van der Waals surface area contributed by atoms with Gasteiger partial charge in [-0.05, 0) is 48.9 Å². The molecule has 164 valence electrons. The van der Waals surface area contributed by atoms with Gasteiger partial charge in [0.15, 0.2) is 11.5 Å². The number of ether oxygens (including phenoxy) is 3. The topological polar surface area (TPSA) is 80.7 Å². The van der Waals surface area contributed by atoms with Crippen molar-refractivity contribution < 1.29 is 23.8 Å². The first kappa shape index (κ1) is 20.3. The van der Waals surface area contributed by atoms with Gasteiger partial charge in [0.25, 0.3) is 11.8 Å². The molecule has 1 saturated heterocycles. The Morgan fingerprint density at radius 2 is 1.78 bits per heavy atom. The molecule has 2 aromatic carbocycles. The van der Waals surface area contributed by atoms with Crippen LogP contribution in [-0.2, 0) is 9.53 Å². The van der Waals surface area contributed by atoms with E-state index in [0.717, 1.165) is 5.56 Å². The number of hydrogen-bond donors (Lipinski definition) is 0. The molecule has 0 saturated carbocycles. The minimum absolute atomic E-state index is 0.0745. The maximum absolute atomic E-state index is 13.2. The molecule has 0 bridgehead atoms. The van der Waals surface area contributed by atoms with Crippen LogP contribution in [0.25, 0.3) is 6.08 Å². The van der Waals surface area contributed by atoms with Crippen molar-refractivity contribution in [2.45, 2.75) is 6.92 Å². The first-order valence-corrected chi connectivity index (χ1v) is 10.6. The highest BCUT2D eigenvalue weighted by molar-refractivity contribution is 6.32. The average molecular weight is 433 g/mol. The van der Waals surface area contributed by atoms with Crippen molar-refractivity contribution in [2.24, 2.45) is 5.10 Å². The molecule has 0 atom stereocenters. The Balaban J connectivity index is 1.39. The maximum Gasteiger partial charge on any atom is 0.280 e. The number of carbonyl (C=O) groups is 2. The highest BCUT2D eigenvalue weighted by atomic mass is 16.6. The van der Waals surface area contributed by atoms with Gasteiger partial charge in [0.2, 0.25) is 0 Å². The second-order valence-electron chi connectivity index (χ2n) is 7.72. The Hall–Kier alpha value is -3.65. The molecule has 32 heavy (non-hydrogen) atoms. The van der Waals surface area contributed by atoms with Crippen molar-refractivity contribution in [3.8, 4) is 11.5 Å². The van der Waals surface area contributed by atoms with Crippen LogP contribution in [0.5, 0.6) is 11.5 Å². The number of rotatable bonds is 3. The van der Waals surface area contributed by atoms with Crippen molar-refractivity contribution in [2.75, 3.05) is 44.5 Å². The van der Waals surface area contributed by atoms with E-state index in [0.29, 0.717) is 73.6 Å². The number of morpholine rings is 1. The van der Waals surface area contributed by atoms with E-state index in [-0.39, 0.29) is 11.8 Å². The molecular formula is C24H23N3O5. The van der Waals surface area contributed by atoms with Gasteiger partial charge in [0.1, 0.15) is 13.2 Å². The molecule has 2 aromatic rings. The molecule has 8 heteroatoms. The van der Waals surface area contributed by atoms with Gasteiger partial charge in [0.05, 0.1) is 30.2 Å². The van der Waals surface area contributed by atoms with Gasteiger partial charge in [-0.25, -0.2) is 0 Å². The predicted molar refractivity (Wildman–Crippen MR) is 119 cm³/mol. The molecule has 0 unspecified atom stereocenters. The van der Waals surface area contributed by atoms with Gasteiger partial charge < -0.3 is 19.1 Å². The summed E-state index contributed by atoms with van der Waals surface area (Å²) in [6.07, 6.45) is 1.79. The number of carbonyl (C=O) groups excluding carboxylic acids is 2. The highest BCUT2D eigenvalue weighted by Crippen LogP contribution is 2.32. The van der Waals surface area contributed by atoms with Crippen LogP contribution in [0, 0.1) is 0 Å². The lowest BCUT2D eigenvalue weighted by molar-refractivity contribution is -0.114. The van der Waals surface area contributed by atoms with Gasteiger partial charge in [-0.2, -0.15) is 10.1 Å². The van der Waals surface area contributed by atoms with Crippen LogP contribution >= 0.6 is 0 Å². The summed E-state index contributed by atoms with van der Waals surface area (Å²) in [5, 5.41) is 5.79. The Morgan fingerprint density at radius 1 is 1.00 bits per heavy atom. The van der Waals surface area contributed by atoms with E-state index in [1.165, 1.54) is 5.01 Å². The molecule has 0 aromatic heterocycles. The fourth-order valence-corrected chi connectivity index (χ4v) is 3.90. The summed E-state index contributed by atoms with van der Waals surface area (Å²) < 4.78 is 16.5. The normalized spacial score (nSPS) is 19.3. The molecule has 0 N–H and O–H groups in total. The van der Waals surface area contributed by atoms with Gasteiger partial charge in [-0.15, -0.1) is 0 Å². The Morgan fingerprint density at radius 3 is 2.59 bits per heavy atom. The zero-order valence-corrected chi connectivity index (χ0v) is 17.7. The Kier molecular flexibility index (Phi) is 5.36. The van der Waals surface area contributed by atoms with Gasteiger partial charge >= 0.3 is 0 Å². The van der Waals surface area contributed by atoms with Crippen molar-refractivity contribution in [1.29, 1.82) is 0 Å². The second kappa shape index (κ2) is 8.47. The van der Waals surface area contributed by atoms with Crippen LogP contribution in [0.4, 0.5) is 5.69 Å². The molecule has 0 radical (unpaired) electrons. The summed E-state index contributed by atoms with van der Waals surface area (Å²) in [6, 6.07) is 12.6. The standard InChI is InChI=1S/C24H23N3O5/c1-16-20(13-17-5-6-21-22(14-17)32-12-11-31-21)24(29)27(25-16)19-4-2-3-18(15-19)23(28)26-7-9-30-10-8-26/h2-6,13-15H,7-12H2,1H3/b20-13-. The van der Waals surface area contributed by atoms with Crippen LogP contribution in [0.3, 0.4) is 0 Å². The Bertz CT molecular complexity index is 1130. The van der Waals surface area contributed by atoms with Crippen molar-refractivity contribution in [1.82, 2.24) is 4.90 Å². The van der Waals surface area contributed by atoms with Crippen LogP contribution in [0.15, 0.2) is 53.1 Å². The van der Waals surface area contributed by atoms with Gasteiger partial charge in [0, 0.05) is 18.7 Å². The van der Waals surface area contributed by atoms with Crippen molar-refractivity contribution in [3.05, 3.63) is 59.2 Å². The zero-order valence-electron chi connectivity index (χ0n) is 17.7.